The highest BCUT2D eigenvalue weighted by Crippen LogP contribution is 2.30. The number of carbonyl (C=O) groups is 1. The molecule has 3 nitrogen and oxygen atoms in total. The molecule has 1 unspecified atom stereocenters. The van der Waals surface area contributed by atoms with Crippen molar-refractivity contribution in [1.82, 2.24) is 4.90 Å². The first-order valence-electron chi connectivity index (χ1n) is 6.24. The maximum atomic E-state index is 12.1. The largest absolute Gasteiger partial charge is 0.335 e. The van der Waals surface area contributed by atoms with E-state index in [0.717, 1.165) is 25.8 Å². The van der Waals surface area contributed by atoms with Gasteiger partial charge in [0, 0.05) is 23.4 Å². The van der Waals surface area contributed by atoms with Crippen LogP contribution in [-0.4, -0.2) is 22.9 Å². The van der Waals surface area contributed by atoms with E-state index < -0.39 is 0 Å². The normalized spacial score (nSPS) is 15.9. The Morgan fingerprint density at radius 2 is 2.33 bits per heavy atom. The second-order valence-corrected chi connectivity index (χ2v) is 5.88. The van der Waals surface area contributed by atoms with Gasteiger partial charge in [-0.15, -0.1) is 23.7 Å². The molecule has 1 heterocycles. The number of hydrogen-bond acceptors (Lipinski definition) is 3. The van der Waals surface area contributed by atoms with Crippen LogP contribution in [0.1, 0.15) is 37.5 Å². The van der Waals surface area contributed by atoms with Crippen LogP contribution in [0.3, 0.4) is 0 Å². The number of amides is 1. The number of thiophene rings is 1. The third-order valence-corrected chi connectivity index (χ3v) is 3.89. The summed E-state index contributed by atoms with van der Waals surface area (Å²) in [6.45, 7) is 2.73. The van der Waals surface area contributed by atoms with E-state index in [2.05, 4.69) is 11.4 Å². The monoisotopic (exact) mass is 288 g/mol. The first kappa shape index (κ1) is 15.5. The average molecular weight is 289 g/mol. The van der Waals surface area contributed by atoms with Gasteiger partial charge in [0.2, 0.25) is 5.91 Å². The van der Waals surface area contributed by atoms with Gasteiger partial charge in [-0.2, -0.15) is 0 Å². The fourth-order valence-electron chi connectivity index (χ4n) is 1.87. The number of nitrogens with two attached hydrogens (primary N) is 1. The van der Waals surface area contributed by atoms with Crippen LogP contribution in [0.15, 0.2) is 17.5 Å². The van der Waals surface area contributed by atoms with E-state index in [4.69, 9.17) is 5.73 Å². The van der Waals surface area contributed by atoms with Gasteiger partial charge in [0.15, 0.2) is 0 Å². The van der Waals surface area contributed by atoms with Gasteiger partial charge in [0.1, 0.15) is 0 Å². The van der Waals surface area contributed by atoms with Gasteiger partial charge in [-0.1, -0.05) is 6.07 Å². The van der Waals surface area contributed by atoms with Crippen molar-refractivity contribution in [2.75, 3.05) is 0 Å². The second-order valence-electron chi connectivity index (χ2n) is 4.85. The van der Waals surface area contributed by atoms with Crippen molar-refractivity contribution in [3.63, 3.8) is 0 Å². The molecule has 1 amide bonds. The average Bonchev–Trinajstić information content (AvgIpc) is 3.00. The molecule has 0 radical (unpaired) electrons. The number of nitrogens with zero attached hydrogens (tertiary/aromatic N) is 1. The van der Waals surface area contributed by atoms with Crippen molar-refractivity contribution in [2.45, 2.75) is 51.2 Å². The SMILES string of the molecule is CC(N)CCC(=O)N(Cc1cccs1)C1CC1.Cl. The van der Waals surface area contributed by atoms with Gasteiger partial charge < -0.3 is 10.6 Å². The smallest absolute Gasteiger partial charge is 0.223 e. The lowest BCUT2D eigenvalue weighted by Crippen LogP contribution is -2.33. The Bertz CT molecular complexity index is 363. The van der Waals surface area contributed by atoms with Crippen LogP contribution in [-0.2, 0) is 11.3 Å². The summed E-state index contributed by atoms with van der Waals surface area (Å²) in [6, 6.07) is 4.73. The van der Waals surface area contributed by atoms with E-state index in [-0.39, 0.29) is 24.4 Å². The molecule has 1 fully saturated rings. The lowest BCUT2D eigenvalue weighted by atomic mass is 10.2. The van der Waals surface area contributed by atoms with Gasteiger partial charge >= 0.3 is 0 Å². The Hall–Kier alpha value is -0.580. The van der Waals surface area contributed by atoms with Crippen molar-refractivity contribution >= 4 is 29.7 Å². The lowest BCUT2D eigenvalue weighted by molar-refractivity contribution is -0.132. The molecule has 18 heavy (non-hydrogen) atoms. The highest BCUT2D eigenvalue weighted by molar-refractivity contribution is 7.09. The molecule has 5 heteroatoms. The molecule has 1 atom stereocenters. The Balaban J connectivity index is 0.00000162. The third kappa shape index (κ3) is 4.59. The van der Waals surface area contributed by atoms with Crippen molar-refractivity contribution in [2.24, 2.45) is 5.73 Å². The Morgan fingerprint density at radius 3 is 2.83 bits per heavy atom. The van der Waals surface area contributed by atoms with Crippen molar-refractivity contribution in [3.05, 3.63) is 22.4 Å². The fraction of sp³-hybridized carbons (Fsp3) is 0.615. The summed E-state index contributed by atoms with van der Waals surface area (Å²) in [5.41, 5.74) is 5.70. The minimum atomic E-state index is 0. The Morgan fingerprint density at radius 1 is 1.61 bits per heavy atom. The molecule has 1 aliphatic rings. The maximum absolute atomic E-state index is 12.1. The van der Waals surface area contributed by atoms with E-state index in [1.165, 1.54) is 4.88 Å². The number of carbonyl (C=O) groups excluding carboxylic acids is 1. The molecule has 2 rings (SSSR count). The molecule has 2 N–H and O–H groups in total. The van der Waals surface area contributed by atoms with Crippen molar-refractivity contribution in [3.8, 4) is 0 Å². The molecule has 0 spiro atoms. The highest BCUT2D eigenvalue weighted by atomic mass is 35.5. The second kappa shape index (κ2) is 7.12. The number of hydrogen-bond donors (Lipinski definition) is 1. The zero-order valence-electron chi connectivity index (χ0n) is 10.7. The summed E-state index contributed by atoms with van der Waals surface area (Å²) in [5.74, 6) is 0.262. The highest BCUT2D eigenvalue weighted by Gasteiger charge is 2.32. The molecule has 1 saturated carbocycles. The predicted octanol–water partition coefficient (Wildman–Crippen LogP) is 2.79. The maximum Gasteiger partial charge on any atom is 0.223 e. The quantitative estimate of drug-likeness (QED) is 0.875. The molecular formula is C13H21ClN2OS. The first-order valence-corrected chi connectivity index (χ1v) is 7.12. The van der Waals surface area contributed by atoms with Crippen LogP contribution < -0.4 is 5.73 Å². The van der Waals surface area contributed by atoms with Gasteiger partial charge in [-0.25, -0.2) is 0 Å². The van der Waals surface area contributed by atoms with E-state index in [1.807, 2.05) is 17.9 Å². The molecule has 1 aromatic heterocycles. The van der Waals surface area contributed by atoms with E-state index in [0.29, 0.717) is 12.5 Å². The molecule has 1 aromatic rings. The summed E-state index contributed by atoms with van der Waals surface area (Å²) in [5, 5.41) is 2.06. The van der Waals surface area contributed by atoms with E-state index in [9.17, 15) is 4.79 Å². The van der Waals surface area contributed by atoms with Crippen LogP contribution in [0.4, 0.5) is 0 Å². The summed E-state index contributed by atoms with van der Waals surface area (Å²) < 4.78 is 0. The van der Waals surface area contributed by atoms with Crippen LogP contribution in [0.25, 0.3) is 0 Å². The predicted molar refractivity (Wildman–Crippen MR) is 78.0 cm³/mol. The van der Waals surface area contributed by atoms with Gasteiger partial charge in [0.05, 0.1) is 6.54 Å². The topological polar surface area (TPSA) is 46.3 Å². The number of halogens is 1. The van der Waals surface area contributed by atoms with Crippen molar-refractivity contribution in [1.29, 1.82) is 0 Å². The molecule has 0 saturated heterocycles. The number of rotatable bonds is 6. The molecule has 1 aliphatic carbocycles. The van der Waals surface area contributed by atoms with Gasteiger partial charge in [-0.05, 0) is 37.6 Å². The van der Waals surface area contributed by atoms with Crippen LogP contribution in [0, 0.1) is 0 Å². The minimum absolute atomic E-state index is 0. The minimum Gasteiger partial charge on any atom is -0.335 e. The fourth-order valence-corrected chi connectivity index (χ4v) is 2.57. The van der Waals surface area contributed by atoms with Crippen LogP contribution in [0.2, 0.25) is 0 Å². The van der Waals surface area contributed by atoms with Crippen LogP contribution in [0.5, 0.6) is 0 Å². The molecular weight excluding hydrogens is 268 g/mol. The van der Waals surface area contributed by atoms with Gasteiger partial charge in [0.25, 0.3) is 0 Å². The van der Waals surface area contributed by atoms with Crippen LogP contribution >= 0.6 is 23.7 Å². The summed E-state index contributed by atoms with van der Waals surface area (Å²) in [6.07, 6.45) is 3.69. The summed E-state index contributed by atoms with van der Waals surface area (Å²) >= 11 is 1.72. The zero-order chi connectivity index (χ0) is 12.3. The molecule has 0 aromatic carbocycles. The van der Waals surface area contributed by atoms with Gasteiger partial charge in [-0.3, -0.25) is 4.79 Å². The summed E-state index contributed by atoms with van der Waals surface area (Å²) in [7, 11) is 0. The molecule has 102 valence electrons. The Labute approximate surface area is 119 Å². The first-order chi connectivity index (χ1) is 8.16. The lowest BCUT2D eigenvalue weighted by Gasteiger charge is -2.22. The standard InChI is InChI=1S/C13H20N2OS.ClH/c1-10(14)4-7-13(16)15(11-5-6-11)9-12-3-2-8-17-12;/h2-3,8,10-11H,4-7,9,14H2,1H3;1H. The molecule has 0 aliphatic heterocycles. The van der Waals surface area contributed by atoms with E-state index >= 15 is 0 Å². The van der Waals surface area contributed by atoms with Crippen molar-refractivity contribution < 1.29 is 4.79 Å². The zero-order valence-corrected chi connectivity index (χ0v) is 12.3. The van der Waals surface area contributed by atoms with E-state index in [1.54, 1.807) is 11.3 Å². The third-order valence-electron chi connectivity index (χ3n) is 3.03. The Kier molecular flexibility index (Phi) is 6.12. The molecule has 0 bridgehead atoms. The summed E-state index contributed by atoms with van der Waals surface area (Å²) in [4.78, 5) is 15.4.